The fraction of sp³-hybridized carbons (Fsp3) is 0.812. The Labute approximate surface area is 143 Å². The Balaban J connectivity index is 1.47. The molecule has 3 aliphatic rings. The van der Waals surface area contributed by atoms with Crippen LogP contribution in [0.25, 0.3) is 0 Å². The first-order valence-electron chi connectivity index (χ1n) is 8.86. The van der Waals surface area contributed by atoms with E-state index in [2.05, 4.69) is 9.88 Å². The molecule has 1 aromatic rings. The number of likely N-dealkylation sites (tertiary alicyclic amines) is 1. The molecule has 3 heterocycles. The Hall–Kier alpha value is -0.960. The molecule has 1 aliphatic carbocycles. The van der Waals surface area contributed by atoms with Crippen molar-refractivity contribution >= 4 is 10.0 Å². The zero-order valence-corrected chi connectivity index (χ0v) is 15.0. The molecule has 2 saturated heterocycles. The summed E-state index contributed by atoms with van der Waals surface area (Å²) in [5, 5.41) is -0.136. The lowest BCUT2D eigenvalue weighted by molar-refractivity contribution is -0.0409. The zero-order valence-electron chi connectivity index (χ0n) is 14.2. The van der Waals surface area contributed by atoms with Crippen LogP contribution in [0.4, 0.5) is 0 Å². The maximum atomic E-state index is 12.7. The predicted molar refractivity (Wildman–Crippen MR) is 89.9 cm³/mol. The summed E-state index contributed by atoms with van der Waals surface area (Å²) < 4.78 is 35.2. The summed E-state index contributed by atoms with van der Waals surface area (Å²) >= 11 is 0. The van der Waals surface area contributed by atoms with Crippen molar-refractivity contribution in [2.75, 3.05) is 26.2 Å². The predicted octanol–water partition coefficient (Wildman–Crippen LogP) is 0.578. The first-order chi connectivity index (χ1) is 11.6. The van der Waals surface area contributed by atoms with Gasteiger partial charge in [0.15, 0.2) is 0 Å². The number of sulfonamides is 1. The lowest BCUT2D eigenvalue weighted by Gasteiger charge is -2.39. The molecule has 0 spiro atoms. The first-order valence-corrected chi connectivity index (χ1v) is 10.4. The van der Waals surface area contributed by atoms with Crippen LogP contribution in [0, 0.1) is 0 Å². The number of hydrogen-bond donors (Lipinski definition) is 0. The minimum absolute atomic E-state index is 0.00396. The van der Waals surface area contributed by atoms with Gasteiger partial charge in [-0.3, -0.25) is 4.90 Å². The van der Waals surface area contributed by atoms with E-state index >= 15 is 0 Å². The first kappa shape index (κ1) is 16.5. The maximum absolute atomic E-state index is 12.7. The van der Waals surface area contributed by atoms with Crippen LogP contribution in [0.3, 0.4) is 0 Å². The summed E-state index contributed by atoms with van der Waals surface area (Å²) in [6.45, 7) is 3.64. The van der Waals surface area contributed by atoms with Gasteiger partial charge in [0.25, 0.3) is 0 Å². The van der Waals surface area contributed by atoms with Crippen LogP contribution in [-0.4, -0.2) is 70.8 Å². The zero-order chi connectivity index (χ0) is 16.7. The molecule has 1 saturated carbocycles. The normalized spacial score (nSPS) is 30.0. The fourth-order valence-electron chi connectivity index (χ4n) is 3.88. The second-order valence-corrected chi connectivity index (χ2v) is 9.31. The van der Waals surface area contributed by atoms with Crippen molar-refractivity contribution in [3.8, 4) is 0 Å². The number of morpholine rings is 1. The summed E-state index contributed by atoms with van der Waals surface area (Å²) in [5.41, 5.74) is 0. The molecule has 3 fully saturated rings. The van der Waals surface area contributed by atoms with Crippen LogP contribution >= 0.6 is 0 Å². The van der Waals surface area contributed by atoms with Crippen molar-refractivity contribution in [3.63, 3.8) is 0 Å². The number of ether oxygens (including phenoxy) is 1. The molecule has 2 atom stereocenters. The molecule has 0 amide bonds. The van der Waals surface area contributed by atoms with Gasteiger partial charge < -0.3 is 9.30 Å². The highest BCUT2D eigenvalue weighted by Gasteiger charge is 2.46. The van der Waals surface area contributed by atoms with E-state index in [0.29, 0.717) is 13.2 Å². The van der Waals surface area contributed by atoms with Crippen molar-refractivity contribution < 1.29 is 13.2 Å². The third-order valence-corrected chi connectivity index (χ3v) is 7.89. The minimum atomic E-state index is -3.13. The van der Waals surface area contributed by atoms with E-state index in [1.165, 1.54) is 0 Å². The molecule has 0 bridgehead atoms. The van der Waals surface area contributed by atoms with Gasteiger partial charge in [0, 0.05) is 39.1 Å². The van der Waals surface area contributed by atoms with E-state index in [-0.39, 0.29) is 17.4 Å². The monoisotopic (exact) mass is 354 g/mol. The second kappa shape index (κ2) is 6.40. The molecule has 4 rings (SSSR count). The SMILES string of the molecule is Cn1ccnc1CN1CC[C@H]2OCCN(S(=O)(=O)C3CC3)[C@H]2CC1. The summed E-state index contributed by atoms with van der Waals surface area (Å²) in [4.78, 5) is 6.77. The molecule has 0 unspecified atom stereocenters. The molecule has 0 radical (unpaired) electrons. The Bertz CT molecular complexity index is 685. The van der Waals surface area contributed by atoms with E-state index < -0.39 is 10.0 Å². The van der Waals surface area contributed by atoms with Gasteiger partial charge in [0.1, 0.15) is 5.82 Å². The van der Waals surface area contributed by atoms with E-state index in [1.807, 2.05) is 24.0 Å². The number of aryl methyl sites for hydroxylation is 1. The van der Waals surface area contributed by atoms with Gasteiger partial charge in [0.2, 0.25) is 10.0 Å². The Morgan fingerprint density at radius 3 is 2.71 bits per heavy atom. The molecular formula is C16H26N4O3S. The van der Waals surface area contributed by atoms with Crippen molar-refractivity contribution in [3.05, 3.63) is 18.2 Å². The van der Waals surface area contributed by atoms with Crippen LogP contribution < -0.4 is 0 Å². The van der Waals surface area contributed by atoms with Gasteiger partial charge in [-0.05, 0) is 25.7 Å². The van der Waals surface area contributed by atoms with Crippen molar-refractivity contribution in [2.45, 2.75) is 49.6 Å². The molecular weight excluding hydrogens is 328 g/mol. The van der Waals surface area contributed by atoms with Gasteiger partial charge in [-0.2, -0.15) is 4.31 Å². The average Bonchev–Trinajstić information content (AvgIpc) is 3.36. The van der Waals surface area contributed by atoms with Crippen LogP contribution in [0.1, 0.15) is 31.5 Å². The average molecular weight is 354 g/mol. The molecule has 2 aliphatic heterocycles. The van der Waals surface area contributed by atoms with Crippen LogP contribution in [0.15, 0.2) is 12.4 Å². The fourth-order valence-corrected chi connectivity index (χ4v) is 5.94. The number of nitrogens with zero attached hydrogens (tertiary/aromatic N) is 4. The van der Waals surface area contributed by atoms with Gasteiger partial charge >= 0.3 is 0 Å². The highest BCUT2D eigenvalue weighted by molar-refractivity contribution is 7.90. The number of imidazole rings is 1. The smallest absolute Gasteiger partial charge is 0.217 e. The van der Waals surface area contributed by atoms with E-state index in [0.717, 1.165) is 51.1 Å². The standard InChI is InChI=1S/C16H26N4O3S/c1-18-9-6-17-16(18)12-19-7-4-14-15(5-8-19)23-11-10-20(14)24(21,22)13-2-3-13/h6,9,13-15H,2-5,7-8,10-12H2,1H3/t14-,15+/m0/s1. The van der Waals surface area contributed by atoms with Gasteiger partial charge in [-0.25, -0.2) is 13.4 Å². The van der Waals surface area contributed by atoms with Crippen LogP contribution in [-0.2, 0) is 28.4 Å². The maximum Gasteiger partial charge on any atom is 0.217 e. The Kier molecular flexibility index (Phi) is 4.40. The van der Waals surface area contributed by atoms with Crippen LogP contribution in [0.5, 0.6) is 0 Å². The van der Waals surface area contributed by atoms with E-state index in [9.17, 15) is 8.42 Å². The van der Waals surface area contributed by atoms with Gasteiger partial charge in [0.05, 0.1) is 30.5 Å². The third-order valence-electron chi connectivity index (χ3n) is 5.47. The molecule has 8 heteroatoms. The topological polar surface area (TPSA) is 67.7 Å². The second-order valence-electron chi connectivity index (χ2n) is 7.14. The molecule has 134 valence electrons. The van der Waals surface area contributed by atoms with E-state index in [4.69, 9.17) is 4.74 Å². The third kappa shape index (κ3) is 3.12. The minimum Gasteiger partial charge on any atom is -0.375 e. The van der Waals surface area contributed by atoms with E-state index in [1.54, 1.807) is 4.31 Å². The lowest BCUT2D eigenvalue weighted by atomic mass is 10.0. The summed E-state index contributed by atoms with van der Waals surface area (Å²) in [6, 6.07) is -0.00396. The van der Waals surface area contributed by atoms with Crippen molar-refractivity contribution in [1.29, 1.82) is 0 Å². The quantitative estimate of drug-likeness (QED) is 0.791. The number of fused-ring (bicyclic) bond motifs is 1. The molecule has 7 nitrogen and oxygen atoms in total. The highest BCUT2D eigenvalue weighted by Crippen LogP contribution is 2.35. The summed E-state index contributed by atoms with van der Waals surface area (Å²) in [7, 11) is -1.12. The van der Waals surface area contributed by atoms with Crippen molar-refractivity contribution in [1.82, 2.24) is 18.8 Å². The number of rotatable bonds is 4. The Morgan fingerprint density at radius 2 is 2.00 bits per heavy atom. The van der Waals surface area contributed by atoms with Crippen molar-refractivity contribution in [2.24, 2.45) is 7.05 Å². The molecule has 1 aromatic heterocycles. The molecule has 0 aromatic carbocycles. The summed E-state index contributed by atoms with van der Waals surface area (Å²) in [5.74, 6) is 1.04. The lowest BCUT2D eigenvalue weighted by Crippen LogP contribution is -2.54. The number of aromatic nitrogens is 2. The largest absolute Gasteiger partial charge is 0.375 e. The molecule has 0 N–H and O–H groups in total. The Morgan fingerprint density at radius 1 is 1.21 bits per heavy atom. The van der Waals surface area contributed by atoms with Gasteiger partial charge in [-0.15, -0.1) is 0 Å². The number of hydrogen-bond acceptors (Lipinski definition) is 5. The molecule has 24 heavy (non-hydrogen) atoms. The summed E-state index contributed by atoms with van der Waals surface area (Å²) in [6.07, 6.45) is 7.16. The van der Waals surface area contributed by atoms with Crippen LogP contribution in [0.2, 0.25) is 0 Å². The highest BCUT2D eigenvalue weighted by atomic mass is 32.2. The van der Waals surface area contributed by atoms with Gasteiger partial charge in [-0.1, -0.05) is 0 Å².